The Morgan fingerprint density at radius 3 is 2.62 bits per heavy atom. The molecular weight excluding hydrogens is 379 g/mol. The molecule has 0 bridgehead atoms. The SMILES string of the molecule is O=C[C@@]1(C2CC(c3ccccc3)C3(CO)C=C(I)C23)CO1. The Morgan fingerprint density at radius 2 is 2.10 bits per heavy atom. The zero-order valence-corrected chi connectivity index (χ0v) is 13.7. The van der Waals surface area contributed by atoms with E-state index >= 15 is 0 Å². The second-order valence-corrected chi connectivity index (χ2v) is 7.69. The van der Waals surface area contributed by atoms with Gasteiger partial charge in [-0.25, -0.2) is 0 Å². The highest BCUT2D eigenvalue weighted by atomic mass is 127. The number of carbonyl (C=O) groups is 1. The van der Waals surface area contributed by atoms with Gasteiger partial charge in [-0.2, -0.15) is 0 Å². The molecule has 4 rings (SSSR count). The number of ether oxygens (including phenoxy) is 1. The lowest BCUT2D eigenvalue weighted by atomic mass is 9.61. The molecule has 1 aliphatic heterocycles. The van der Waals surface area contributed by atoms with Gasteiger partial charge in [0.2, 0.25) is 0 Å². The van der Waals surface area contributed by atoms with Crippen molar-refractivity contribution < 1.29 is 14.6 Å². The van der Waals surface area contributed by atoms with Gasteiger partial charge in [0.15, 0.2) is 6.29 Å². The maximum absolute atomic E-state index is 11.5. The Labute approximate surface area is 137 Å². The van der Waals surface area contributed by atoms with Gasteiger partial charge in [0.25, 0.3) is 0 Å². The number of carbonyl (C=O) groups excluding carboxylic acids is 1. The number of halogens is 1. The van der Waals surface area contributed by atoms with Gasteiger partial charge in [-0.15, -0.1) is 0 Å². The van der Waals surface area contributed by atoms with Crippen LogP contribution in [-0.4, -0.2) is 30.2 Å². The van der Waals surface area contributed by atoms with Crippen LogP contribution in [0.15, 0.2) is 40.0 Å². The van der Waals surface area contributed by atoms with Crippen molar-refractivity contribution in [3.63, 3.8) is 0 Å². The zero-order valence-electron chi connectivity index (χ0n) is 11.5. The van der Waals surface area contributed by atoms with E-state index < -0.39 is 5.60 Å². The van der Waals surface area contributed by atoms with Crippen LogP contribution in [0, 0.1) is 17.3 Å². The van der Waals surface area contributed by atoms with Crippen molar-refractivity contribution in [2.24, 2.45) is 17.3 Å². The summed E-state index contributed by atoms with van der Waals surface area (Å²) in [5, 5.41) is 10.1. The normalized spacial score (nSPS) is 43.7. The van der Waals surface area contributed by atoms with Crippen molar-refractivity contribution in [1.82, 2.24) is 0 Å². The highest BCUT2D eigenvalue weighted by molar-refractivity contribution is 14.1. The van der Waals surface area contributed by atoms with Crippen LogP contribution in [0.4, 0.5) is 0 Å². The van der Waals surface area contributed by atoms with Gasteiger partial charge in [0, 0.05) is 17.3 Å². The number of fused-ring (bicyclic) bond motifs is 1. The molecule has 110 valence electrons. The van der Waals surface area contributed by atoms with Crippen LogP contribution < -0.4 is 0 Å². The minimum Gasteiger partial charge on any atom is -0.395 e. The lowest BCUT2D eigenvalue weighted by molar-refractivity contribution is -0.114. The first-order valence-electron chi connectivity index (χ1n) is 7.31. The van der Waals surface area contributed by atoms with Crippen LogP contribution in [-0.2, 0) is 9.53 Å². The molecular formula is C17H17IO3. The molecule has 1 aromatic carbocycles. The average molecular weight is 396 g/mol. The minimum absolute atomic E-state index is 0.134. The van der Waals surface area contributed by atoms with E-state index in [0.717, 1.165) is 12.7 Å². The van der Waals surface area contributed by atoms with E-state index in [1.54, 1.807) is 0 Å². The van der Waals surface area contributed by atoms with Crippen LogP contribution in [0.25, 0.3) is 0 Å². The molecule has 4 unspecified atom stereocenters. The van der Waals surface area contributed by atoms with Crippen molar-refractivity contribution >= 4 is 28.9 Å². The fourth-order valence-electron chi connectivity index (χ4n) is 4.41. The maximum Gasteiger partial charge on any atom is 0.154 e. The summed E-state index contributed by atoms with van der Waals surface area (Å²) in [4.78, 5) is 11.5. The van der Waals surface area contributed by atoms with Crippen LogP contribution in [0.5, 0.6) is 0 Å². The molecule has 1 N–H and O–H groups in total. The van der Waals surface area contributed by atoms with E-state index in [4.69, 9.17) is 4.74 Å². The second kappa shape index (κ2) is 4.64. The van der Waals surface area contributed by atoms with E-state index in [0.29, 0.717) is 6.61 Å². The number of benzene rings is 1. The van der Waals surface area contributed by atoms with Crippen LogP contribution in [0.1, 0.15) is 17.9 Å². The van der Waals surface area contributed by atoms with E-state index in [1.807, 2.05) is 18.2 Å². The van der Waals surface area contributed by atoms with Crippen LogP contribution in [0.2, 0.25) is 0 Å². The molecule has 1 saturated heterocycles. The van der Waals surface area contributed by atoms with Crippen molar-refractivity contribution in [3.05, 3.63) is 45.6 Å². The summed E-state index contributed by atoms with van der Waals surface area (Å²) in [7, 11) is 0. The maximum atomic E-state index is 11.5. The van der Waals surface area contributed by atoms with E-state index in [1.165, 1.54) is 9.14 Å². The summed E-state index contributed by atoms with van der Waals surface area (Å²) >= 11 is 2.35. The molecule has 0 amide bonds. The largest absolute Gasteiger partial charge is 0.395 e. The highest BCUT2D eigenvalue weighted by Gasteiger charge is 2.68. The Hall–Kier alpha value is -0.720. The third-order valence-corrected chi connectivity index (χ3v) is 6.59. The first kappa shape index (κ1) is 13.9. The summed E-state index contributed by atoms with van der Waals surface area (Å²) in [6.07, 6.45) is 4.09. The third-order valence-electron chi connectivity index (χ3n) is 5.60. The average Bonchev–Trinajstić information content (AvgIpc) is 3.26. The molecule has 5 atom stereocenters. The molecule has 21 heavy (non-hydrogen) atoms. The molecule has 1 heterocycles. The lowest BCUT2D eigenvalue weighted by Gasteiger charge is -2.45. The van der Waals surface area contributed by atoms with Crippen LogP contribution >= 0.6 is 22.6 Å². The quantitative estimate of drug-likeness (QED) is 0.484. The number of aliphatic hydroxyl groups excluding tert-OH is 1. The van der Waals surface area contributed by atoms with Gasteiger partial charge in [-0.3, -0.25) is 0 Å². The van der Waals surface area contributed by atoms with Crippen molar-refractivity contribution in [2.75, 3.05) is 13.2 Å². The minimum atomic E-state index is -0.598. The van der Waals surface area contributed by atoms with Gasteiger partial charge >= 0.3 is 0 Å². The Kier molecular flexibility index (Phi) is 3.07. The molecule has 2 aliphatic carbocycles. The van der Waals surface area contributed by atoms with Gasteiger partial charge in [-0.1, -0.05) is 36.4 Å². The Morgan fingerprint density at radius 1 is 1.38 bits per heavy atom. The molecule has 2 fully saturated rings. The summed E-state index contributed by atoms with van der Waals surface area (Å²) < 4.78 is 6.79. The molecule has 3 aliphatic rings. The van der Waals surface area contributed by atoms with Crippen LogP contribution in [0.3, 0.4) is 0 Å². The number of epoxide rings is 1. The summed E-state index contributed by atoms with van der Waals surface area (Å²) in [6.45, 7) is 0.666. The Bertz CT molecular complexity index is 608. The van der Waals surface area contributed by atoms with E-state index in [2.05, 4.69) is 40.8 Å². The van der Waals surface area contributed by atoms with Crippen molar-refractivity contribution in [2.45, 2.75) is 17.9 Å². The molecule has 0 radical (unpaired) electrons. The number of aliphatic hydroxyl groups is 1. The monoisotopic (exact) mass is 396 g/mol. The lowest BCUT2D eigenvalue weighted by Crippen LogP contribution is -2.44. The summed E-state index contributed by atoms with van der Waals surface area (Å²) in [6, 6.07) is 10.3. The Balaban J connectivity index is 1.77. The molecule has 1 aromatic rings. The molecule has 3 nitrogen and oxygen atoms in total. The standard InChI is InChI=1S/C17H17IO3/c18-14-7-16(8-19)12(11-4-2-1-3-5-11)6-13(15(14)16)17(9-20)10-21-17/h1-5,7,9,12-13,15,19H,6,8,10H2/t12?,13?,15?,16?,17-/m0/s1. The van der Waals surface area contributed by atoms with Gasteiger partial charge in [0.05, 0.1) is 13.2 Å². The van der Waals surface area contributed by atoms with Gasteiger partial charge in [-0.05, 0) is 44.1 Å². The number of hydrogen-bond acceptors (Lipinski definition) is 3. The zero-order chi connectivity index (χ0) is 14.7. The predicted molar refractivity (Wildman–Crippen MR) is 87.1 cm³/mol. The van der Waals surface area contributed by atoms with E-state index in [-0.39, 0.29) is 29.8 Å². The van der Waals surface area contributed by atoms with Gasteiger partial charge in [0.1, 0.15) is 5.60 Å². The second-order valence-electron chi connectivity index (χ2n) is 6.44. The number of rotatable bonds is 4. The van der Waals surface area contributed by atoms with E-state index in [9.17, 15) is 9.90 Å². The van der Waals surface area contributed by atoms with Crippen molar-refractivity contribution in [3.8, 4) is 0 Å². The number of allylic oxidation sites excluding steroid dienone is 1. The summed E-state index contributed by atoms with van der Waals surface area (Å²) in [5.41, 5.74) is 0.435. The molecule has 0 aromatic heterocycles. The van der Waals surface area contributed by atoms with Gasteiger partial charge < -0.3 is 14.6 Å². The molecule has 1 saturated carbocycles. The predicted octanol–water partition coefficient (Wildman–Crippen LogP) is 2.69. The van der Waals surface area contributed by atoms with Crippen molar-refractivity contribution in [1.29, 1.82) is 0 Å². The first-order chi connectivity index (χ1) is 10.2. The highest BCUT2D eigenvalue weighted by Crippen LogP contribution is 2.69. The fraction of sp³-hybridized carbons (Fsp3) is 0.471. The smallest absolute Gasteiger partial charge is 0.154 e. The topological polar surface area (TPSA) is 49.8 Å². The fourth-order valence-corrected chi connectivity index (χ4v) is 6.00. The first-order valence-corrected chi connectivity index (χ1v) is 8.39. The molecule has 0 spiro atoms. The number of hydrogen-bond donors (Lipinski definition) is 1. The molecule has 4 heteroatoms. The number of aldehydes is 1. The summed E-state index contributed by atoms with van der Waals surface area (Å²) in [5.74, 6) is 0.698. The third kappa shape index (κ3) is 1.75.